The largest absolute Gasteiger partial charge is 0.467 e. The molecule has 2 heterocycles. The Balaban J connectivity index is 1.15. The number of carbonyl (C=O) groups is 2. The minimum absolute atomic E-state index is 0.0141. The number of pyridine rings is 1. The molecule has 0 saturated carbocycles. The molecule has 268 valence electrons. The lowest BCUT2D eigenvalue weighted by Crippen LogP contribution is -2.47. The van der Waals surface area contributed by atoms with E-state index in [4.69, 9.17) is 14.2 Å². The van der Waals surface area contributed by atoms with E-state index in [1.807, 2.05) is 121 Å². The van der Waals surface area contributed by atoms with Gasteiger partial charge in [-0.25, -0.2) is 14.6 Å². The minimum atomic E-state index is -0.824. The van der Waals surface area contributed by atoms with Crippen molar-refractivity contribution in [1.29, 1.82) is 0 Å². The highest BCUT2D eigenvalue weighted by Crippen LogP contribution is 2.43. The molecule has 0 radical (unpaired) electrons. The van der Waals surface area contributed by atoms with Crippen LogP contribution < -0.4 is 10.6 Å². The summed E-state index contributed by atoms with van der Waals surface area (Å²) in [7, 11) is 1.31. The second kappa shape index (κ2) is 18.0. The number of benzene rings is 4. The molecule has 0 aliphatic carbocycles. The van der Waals surface area contributed by atoms with Crippen molar-refractivity contribution in [3.63, 3.8) is 0 Å². The second-order valence-electron chi connectivity index (χ2n) is 12.7. The molecular weight excluding hydrogens is 675 g/mol. The highest BCUT2D eigenvalue weighted by molar-refractivity contribution is 7.99. The van der Waals surface area contributed by atoms with Crippen LogP contribution in [0.1, 0.15) is 47.1 Å². The lowest BCUT2D eigenvalue weighted by atomic mass is 9.91. The highest BCUT2D eigenvalue weighted by atomic mass is 32.2. The summed E-state index contributed by atoms with van der Waals surface area (Å²) < 4.78 is 18.2. The van der Waals surface area contributed by atoms with E-state index in [2.05, 4.69) is 22.5 Å². The van der Waals surface area contributed by atoms with Crippen molar-refractivity contribution in [3.8, 4) is 11.1 Å². The van der Waals surface area contributed by atoms with Gasteiger partial charge in [-0.15, -0.1) is 11.8 Å². The third-order valence-electron chi connectivity index (χ3n) is 9.18. The Bertz CT molecular complexity index is 1890. The van der Waals surface area contributed by atoms with Gasteiger partial charge in [0, 0.05) is 36.4 Å². The van der Waals surface area contributed by atoms with Gasteiger partial charge in [0.25, 0.3) is 0 Å². The van der Waals surface area contributed by atoms with Crippen molar-refractivity contribution in [3.05, 3.63) is 155 Å². The number of carbonyl (C=O) groups excluding carboxylic acids is 2. The SMILES string of the molecule is COC(=O)[C@H](Cc1ccccc1)NC(=O)NCc1ccccc1-c1ccc([C@H]2O[C@@H](CSc3ccccn3)[C@@H](C)[C@@H](c3ccc(CO)cc3)O2)cc1. The quantitative estimate of drug-likeness (QED) is 0.0852. The molecule has 1 aromatic heterocycles. The van der Waals surface area contributed by atoms with E-state index in [0.717, 1.165) is 44.0 Å². The number of hydrogen-bond donors (Lipinski definition) is 3. The summed E-state index contributed by atoms with van der Waals surface area (Å²) >= 11 is 1.66. The zero-order valence-corrected chi connectivity index (χ0v) is 30.0. The van der Waals surface area contributed by atoms with Crippen LogP contribution in [0.4, 0.5) is 4.79 Å². The summed E-state index contributed by atoms with van der Waals surface area (Å²) in [6, 6.07) is 38.0. The predicted molar refractivity (Wildman–Crippen MR) is 201 cm³/mol. The van der Waals surface area contributed by atoms with Gasteiger partial charge in [-0.3, -0.25) is 0 Å². The number of amides is 2. The van der Waals surface area contributed by atoms with E-state index in [9.17, 15) is 14.7 Å². The zero-order valence-electron chi connectivity index (χ0n) is 29.2. The molecule has 4 aromatic carbocycles. The number of aliphatic hydroxyl groups excluding tert-OH is 1. The van der Waals surface area contributed by atoms with E-state index in [1.54, 1.807) is 18.0 Å². The fourth-order valence-electron chi connectivity index (χ4n) is 6.26. The van der Waals surface area contributed by atoms with Crippen molar-refractivity contribution < 1.29 is 28.9 Å². The molecule has 0 bridgehead atoms. The van der Waals surface area contributed by atoms with Crippen molar-refractivity contribution in [1.82, 2.24) is 15.6 Å². The molecule has 1 aliphatic heterocycles. The number of hydrogen-bond acceptors (Lipinski definition) is 8. The summed E-state index contributed by atoms with van der Waals surface area (Å²) in [5.74, 6) is 0.260. The topological polar surface area (TPSA) is 119 Å². The van der Waals surface area contributed by atoms with Crippen molar-refractivity contribution >= 4 is 23.8 Å². The molecule has 5 aromatic rings. The average molecular weight is 718 g/mol. The molecule has 6 rings (SSSR count). The van der Waals surface area contributed by atoms with Crippen LogP contribution in [0, 0.1) is 5.92 Å². The summed E-state index contributed by atoms with van der Waals surface area (Å²) in [5.41, 5.74) is 6.54. The standard InChI is InChI=1S/C42H43N3O6S/c1-28-37(27-52-38-14-8-9-23-43-38)50-41(51-39(28)32-17-15-30(26-46)16-18-32)33-21-19-31(20-22-33)35-13-7-6-12-34(35)25-44-42(48)45-36(40(47)49-2)24-29-10-4-3-5-11-29/h3-23,28,36-37,39,41,46H,24-27H2,1-2H3,(H2,44,45,48)/t28-,36+,37+,39+,41+/m1/s1. The first kappa shape index (κ1) is 36.8. The first-order valence-corrected chi connectivity index (χ1v) is 18.3. The Morgan fingerprint density at radius 3 is 2.27 bits per heavy atom. The summed E-state index contributed by atoms with van der Waals surface area (Å²) in [6.07, 6.45) is 1.18. The van der Waals surface area contributed by atoms with Gasteiger partial charge >= 0.3 is 12.0 Å². The first-order valence-electron chi connectivity index (χ1n) is 17.3. The third-order valence-corrected chi connectivity index (χ3v) is 10.2. The van der Waals surface area contributed by atoms with Gasteiger partial charge in [0.15, 0.2) is 6.29 Å². The number of ether oxygens (including phenoxy) is 3. The van der Waals surface area contributed by atoms with Crippen molar-refractivity contribution in [2.24, 2.45) is 5.92 Å². The van der Waals surface area contributed by atoms with Crippen LogP contribution in [0.2, 0.25) is 0 Å². The molecule has 52 heavy (non-hydrogen) atoms. The second-order valence-corrected chi connectivity index (χ2v) is 13.7. The van der Waals surface area contributed by atoms with Gasteiger partial charge in [0.2, 0.25) is 0 Å². The Labute approximate surface area is 308 Å². The molecule has 0 spiro atoms. The zero-order chi connectivity index (χ0) is 36.3. The van der Waals surface area contributed by atoms with Gasteiger partial charge in [-0.1, -0.05) is 116 Å². The normalized spacial score (nSPS) is 19.0. The predicted octanol–water partition coefficient (Wildman–Crippen LogP) is 7.41. The number of urea groups is 1. The summed E-state index contributed by atoms with van der Waals surface area (Å²) in [4.78, 5) is 29.9. The van der Waals surface area contributed by atoms with Crippen LogP contribution in [0.15, 0.2) is 133 Å². The summed E-state index contributed by atoms with van der Waals surface area (Å²) in [5, 5.41) is 16.2. The van der Waals surface area contributed by atoms with E-state index < -0.39 is 24.3 Å². The molecule has 9 nitrogen and oxygen atoms in total. The number of methoxy groups -OCH3 is 1. The Hall–Kier alpha value is -5.00. The monoisotopic (exact) mass is 717 g/mol. The maximum absolute atomic E-state index is 13.0. The fourth-order valence-corrected chi connectivity index (χ4v) is 7.28. The first-order chi connectivity index (χ1) is 25.4. The number of aliphatic hydroxyl groups is 1. The van der Waals surface area contributed by atoms with Gasteiger partial charge < -0.3 is 30.0 Å². The molecule has 5 atom stereocenters. The number of esters is 1. The van der Waals surface area contributed by atoms with Gasteiger partial charge in [0.05, 0.1) is 31.0 Å². The molecule has 2 amide bonds. The molecular formula is C42H43N3O6S. The number of nitrogens with one attached hydrogen (secondary N) is 2. The van der Waals surface area contributed by atoms with Crippen LogP contribution in [-0.2, 0) is 38.6 Å². The van der Waals surface area contributed by atoms with Gasteiger partial charge in [-0.2, -0.15) is 0 Å². The molecule has 10 heteroatoms. The van der Waals surface area contributed by atoms with Crippen LogP contribution >= 0.6 is 11.8 Å². The number of nitrogens with zero attached hydrogens (tertiary/aromatic N) is 1. The minimum Gasteiger partial charge on any atom is -0.467 e. The van der Waals surface area contributed by atoms with E-state index in [1.165, 1.54) is 7.11 Å². The molecule has 1 saturated heterocycles. The van der Waals surface area contributed by atoms with Crippen molar-refractivity contribution in [2.75, 3.05) is 12.9 Å². The smallest absolute Gasteiger partial charge is 0.328 e. The third kappa shape index (κ3) is 9.45. The van der Waals surface area contributed by atoms with Crippen LogP contribution in [0.5, 0.6) is 0 Å². The van der Waals surface area contributed by atoms with Crippen LogP contribution in [0.3, 0.4) is 0 Å². The highest BCUT2D eigenvalue weighted by Gasteiger charge is 2.38. The maximum Gasteiger partial charge on any atom is 0.328 e. The van der Waals surface area contributed by atoms with Crippen LogP contribution in [0.25, 0.3) is 11.1 Å². The lowest BCUT2D eigenvalue weighted by Gasteiger charge is -2.41. The lowest BCUT2D eigenvalue weighted by molar-refractivity contribution is -0.268. The molecule has 0 unspecified atom stereocenters. The maximum atomic E-state index is 13.0. The van der Waals surface area contributed by atoms with Crippen molar-refractivity contribution in [2.45, 2.75) is 56.1 Å². The average Bonchev–Trinajstić information content (AvgIpc) is 3.20. The number of thioether (sulfide) groups is 1. The van der Waals surface area contributed by atoms with Crippen LogP contribution in [-0.4, -0.2) is 47.1 Å². The molecule has 3 N–H and O–H groups in total. The Morgan fingerprint density at radius 2 is 1.56 bits per heavy atom. The van der Waals surface area contributed by atoms with E-state index >= 15 is 0 Å². The Kier molecular flexibility index (Phi) is 12.7. The fraction of sp³-hybridized carbons (Fsp3) is 0.262. The molecule has 1 aliphatic rings. The van der Waals surface area contributed by atoms with E-state index in [-0.39, 0.29) is 31.3 Å². The molecule has 1 fully saturated rings. The van der Waals surface area contributed by atoms with Gasteiger partial charge in [0.1, 0.15) is 6.04 Å². The number of rotatable bonds is 13. The summed E-state index contributed by atoms with van der Waals surface area (Å²) in [6.45, 7) is 2.39. The number of aromatic nitrogens is 1. The van der Waals surface area contributed by atoms with Gasteiger partial charge in [-0.05, 0) is 45.5 Å². The Morgan fingerprint density at radius 1 is 0.846 bits per heavy atom. The van der Waals surface area contributed by atoms with E-state index in [0.29, 0.717) is 12.2 Å².